The van der Waals surface area contributed by atoms with Crippen LogP contribution in [0.4, 0.5) is 0 Å². The van der Waals surface area contributed by atoms with Gasteiger partial charge in [0.2, 0.25) is 10.0 Å². The number of hydrogen-bond donors (Lipinski definition) is 1. The predicted octanol–water partition coefficient (Wildman–Crippen LogP) is 0.987. The minimum Gasteiger partial charge on any atom is -0.495 e. The summed E-state index contributed by atoms with van der Waals surface area (Å²) in [7, 11) is -2.23. The number of benzene rings is 1. The SMILES string of the molecule is CCC1CN(S(=O)(=O)c2cc(CO)ccc2OC)CCO1. The van der Waals surface area contributed by atoms with E-state index in [9.17, 15) is 13.5 Å². The van der Waals surface area contributed by atoms with Crippen molar-refractivity contribution >= 4 is 10.0 Å². The largest absolute Gasteiger partial charge is 0.495 e. The van der Waals surface area contributed by atoms with Crippen molar-refractivity contribution in [2.75, 3.05) is 26.8 Å². The molecule has 1 saturated heterocycles. The van der Waals surface area contributed by atoms with Gasteiger partial charge in [0.15, 0.2) is 0 Å². The molecule has 1 unspecified atom stereocenters. The Bertz CT molecular complexity index is 587. The first-order valence-corrected chi connectivity index (χ1v) is 8.36. The lowest BCUT2D eigenvalue weighted by Gasteiger charge is -2.32. The third-order valence-electron chi connectivity index (χ3n) is 3.59. The molecule has 118 valence electrons. The predicted molar refractivity (Wildman–Crippen MR) is 77.7 cm³/mol. The van der Waals surface area contributed by atoms with Crippen LogP contribution in [0.15, 0.2) is 23.1 Å². The van der Waals surface area contributed by atoms with Gasteiger partial charge < -0.3 is 14.6 Å². The van der Waals surface area contributed by atoms with Crippen molar-refractivity contribution in [1.82, 2.24) is 4.31 Å². The van der Waals surface area contributed by atoms with E-state index in [1.54, 1.807) is 12.1 Å². The van der Waals surface area contributed by atoms with Gasteiger partial charge in [-0.05, 0) is 24.1 Å². The highest BCUT2D eigenvalue weighted by Gasteiger charge is 2.32. The minimum atomic E-state index is -3.66. The summed E-state index contributed by atoms with van der Waals surface area (Å²) >= 11 is 0. The van der Waals surface area contributed by atoms with E-state index in [1.807, 2.05) is 6.92 Å². The van der Waals surface area contributed by atoms with E-state index in [1.165, 1.54) is 17.5 Å². The first kappa shape index (κ1) is 16.2. The summed E-state index contributed by atoms with van der Waals surface area (Å²) < 4.78 is 37.7. The lowest BCUT2D eigenvalue weighted by molar-refractivity contribution is -0.00281. The molecule has 1 fully saturated rings. The second-order valence-electron chi connectivity index (χ2n) is 4.91. The zero-order valence-corrected chi connectivity index (χ0v) is 13.1. The zero-order chi connectivity index (χ0) is 15.5. The van der Waals surface area contributed by atoms with Crippen LogP contribution in [-0.4, -0.2) is 50.7 Å². The molecule has 1 aromatic rings. The van der Waals surface area contributed by atoms with Gasteiger partial charge in [0.25, 0.3) is 0 Å². The molecular weight excluding hydrogens is 294 g/mol. The number of aliphatic hydroxyl groups is 1. The molecule has 7 heteroatoms. The van der Waals surface area contributed by atoms with Crippen molar-refractivity contribution < 1.29 is 23.0 Å². The molecule has 1 aliphatic rings. The lowest BCUT2D eigenvalue weighted by Crippen LogP contribution is -2.45. The molecule has 0 bridgehead atoms. The van der Waals surface area contributed by atoms with Gasteiger partial charge in [-0.1, -0.05) is 13.0 Å². The molecule has 0 spiro atoms. The highest BCUT2D eigenvalue weighted by atomic mass is 32.2. The van der Waals surface area contributed by atoms with E-state index in [-0.39, 0.29) is 23.4 Å². The molecule has 6 nitrogen and oxygen atoms in total. The van der Waals surface area contributed by atoms with E-state index in [0.29, 0.717) is 25.3 Å². The maximum absolute atomic E-state index is 12.8. The normalized spacial score (nSPS) is 20.4. The third kappa shape index (κ3) is 3.37. The second-order valence-corrected chi connectivity index (χ2v) is 6.81. The summed E-state index contributed by atoms with van der Waals surface area (Å²) in [6, 6.07) is 4.67. The number of morpholine rings is 1. The average molecular weight is 315 g/mol. The maximum atomic E-state index is 12.8. The molecule has 0 amide bonds. The molecule has 0 saturated carbocycles. The molecule has 0 aromatic heterocycles. The summed E-state index contributed by atoms with van der Waals surface area (Å²) in [5.41, 5.74) is 0.537. The van der Waals surface area contributed by atoms with Crippen LogP contribution in [0.3, 0.4) is 0 Å². The number of rotatable bonds is 5. The van der Waals surface area contributed by atoms with Gasteiger partial charge in [0.05, 0.1) is 26.4 Å². The van der Waals surface area contributed by atoms with Crippen LogP contribution >= 0.6 is 0 Å². The van der Waals surface area contributed by atoms with Crippen LogP contribution in [-0.2, 0) is 21.4 Å². The van der Waals surface area contributed by atoms with Crippen LogP contribution in [0.2, 0.25) is 0 Å². The van der Waals surface area contributed by atoms with Crippen molar-refractivity contribution in [2.24, 2.45) is 0 Å². The first-order valence-electron chi connectivity index (χ1n) is 6.92. The van der Waals surface area contributed by atoms with Gasteiger partial charge in [0, 0.05) is 13.1 Å². The van der Waals surface area contributed by atoms with E-state index >= 15 is 0 Å². The molecule has 0 aliphatic carbocycles. The summed E-state index contributed by atoms with van der Waals surface area (Å²) in [4.78, 5) is 0.0910. The standard InChI is InChI=1S/C14H21NO5S/c1-3-12-9-15(6-7-20-12)21(17,18)14-8-11(10-16)4-5-13(14)19-2/h4-5,8,12,16H,3,6-7,9-10H2,1-2H3. The van der Waals surface area contributed by atoms with Crippen LogP contribution < -0.4 is 4.74 Å². The highest BCUT2D eigenvalue weighted by Crippen LogP contribution is 2.29. The van der Waals surface area contributed by atoms with Gasteiger partial charge in [-0.15, -0.1) is 0 Å². The Morgan fingerprint density at radius 3 is 2.86 bits per heavy atom. The highest BCUT2D eigenvalue weighted by molar-refractivity contribution is 7.89. The van der Waals surface area contributed by atoms with E-state index in [0.717, 1.165) is 6.42 Å². The topological polar surface area (TPSA) is 76.1 Å². The van der Waals surface area contributed by atoms with Gasteiger partial charge >= 0.3 is 0 Å². The van der Waals surface area contributed by atoms with Crippen LogP contribution in [0.1, 0.15) is 18.9 Å². The van der Waals surface area contributed by atoms with Crippen LogP contribution in [0.25, 0.3) is 0 Å². The molecule has 1 heterocycles. The van der Waals surface area contributed by atoms with Gasteiger partial charge in [0.1, 0.15) is 10.6 Å². The maximum Gasteiger partial charge on any atom is 0.246 e. The van der Waals surface area contributed by atoms with Gasteiger partial charge in [-0.3, -0.25) is 0 Å². The zero-order valence-electron chi connectivity index (χ0n) is 12.3. The molecule has 1 atom stereocenters. The molecule has 2 rings (SSSR count). The van der Waals surface area contributed by atoms with Gasteiger partial charge in [-0.2, -0.15) is 4.31 Å². The number of sulfonamides is 1. The summed E-state index contributed by atoms with van der Waals surface area (Å²) in [5, 5.41) is 9.21. The van der Waals surface area contributed by atoms with E-state index in [2.05, 4.69) is 0 Å². The Hall–Kier alpha value is -1.15. The summed E-state index contributed by atoms with van der Waals surface area (Å²) in [5.74, 6) is 0.284. The first-order chi connectivity index (χ1) is 10.0. The molecular formula is C14H21NO5S. The lowest BCUT2D eigenvalue weighted by atomic mass is 10.2. The Balaban J connectivity index is 2.38. The number of aliphatic hydroxyl groups excluding tert-OH is 1. The van der Waals surface area contributed by atoms with Crippen molar-refractivity contribution in [3.63, 3.8) is 0 Å². The number of nitrogens with zero attached hydrogens (tertiary/aromatic N) is 1. The van der Waals surface area contributed by atoms with E-state index in [4.69, 9.17) is 9.47 Å². The van der Waals surface area contributed by atoms with Crippen molar-refractivity contribution in [3.05, 3.63) is 23.8 Å². The third-order valence-corrected chi connectivity index (χ3v) is 5.47. The molecule has 1 aliphatic heterocycles. The fourth-order valence-electron chi connectivity index (χ4n) is 2.32. The monoisotopic (exact) mass is 315 g/mol. The number of methoxy groups -OCH3 is 1. The molecule has 1 aromatic carbocycles. The molecule has 21 heavy (non-hydrogen) atoms. The van der Waals surface area contributed by atoms with Crippen molar-refractivity contribution in [1.29, 1.82) is 0 Å². The van der Waals surface area contributed by atoms with E-state index < -0.39 is 10.0 Å². The quantitative estimate of drug-likeness (QED) is 0.877. The Labute approximate surface area is 125 Å². The number of ether oxygens (including phenoxy) is 2. The fourth-order valence-corrected chi connectivity index (χ4v) is 3.98. The van der Waals surface area contributed by atoms with Crippen LogP contribution in [0.5, 0.6) is 5.75 Å². The molecule has 1 N–H and O–H groups in total. The van der Waals surface area contributed by atoms with Gasteiger partial charge in [-0.25, -0.2) is 8.42 Å². The fraction of sp³-hybridized carbons (Fsp3) is 0.571. The summed E-state index contributed by atoms with van der Waals surface area (Å²) in [6.07, 6.45) is 0.681. The number of hydrogen-bond acceptors (Lipinski definition) is 5. The minimum absolute atomic E-state index is 0.0828. The summed E-state index contributed by atoms with van der Waals surface area (Å²) in [6.45, 7) is 2.80. The Morgan fingerprint density at radius 2 is 2.24 bits per heavy atom. The Morgan fingerprint density at radius 1 is 1.48 bits per heavy atom. The van der Waals surface area contributed by atoms with Crippen molar-refractivity contribution in [2.45, 2.75) is 31.0 Å². The average Bonchev–Trinajstić information content (AvgIpc) is 2.54. The van der Waals surface area contributed by atoms with Crippen LogP contribution in [0, 0.1) is 0 Å². The molecule has 0 radical (unpaired) electrons. The second kappa shape index (κ2) is 6.74. The van der Waals surface area contributed by atoms with Crippen molar-refractivity contribution in [3.8, 4) is 5.75 Å². The Kier molecular flexibility index (Phi) is 5.21. The smallest absolute Gasteiger partial charge is 0.246 e.